The van der Waals surface area contributed by atoms with Crippen LogP contribution in [0.25, 0.3) is 0 Å². The van der Waals surface area contributed by atoms with Crippen molar-refractivity contribution in [1.29, 1.82) is 0 Å². The Labute approximate surface area is 87.8 Å². The van der Waals surface area contributed by atoms with Crippen LogP contribution in [-0.4, -0.2) is 17.5 Å². The molecule has 1 heterocycles. The van der Waals surface area contributed by atoms with E-state index in [1.54, 1.807) is 18.5 Å². The minimum Gasteiger partial charge on any atom is -0.492 e. The molecule has 1 atom stereocenters. The van der Waals surface area contributed by atoms with E-state index < -0.39 is 0 Å². The first-order valence-corrected chi connectivity index (χ1v) is 4.93. The van der Waals surface area contributed by atoms with Crippen LogP contribution in [-0.2, 0) is 0 Å². The molecule has 1 rings (SSSR count). The van der Waals surface area contributed by atoms with Gasteiger partial charge in [0.15, 0.2) is 0 Å². The van der Waals surface area contributed by atoms with E-state index in [9.17, 15) is 0 Å². The molecule has 72 valence electrons. The smallest absolute Gasteiger partial charge is 0.139 e. The van der Waals surface area contributed by atoms with Crippen LogP contribution in [0.1, 0.15) is 6.92 Å². The van der Waals surface area contributed by atoms with Crippen LogP contribution in [0, 0.1) is 5.92 Å². The van der Waals surface area contributed by atoms with Crippen LogP contribution in [0.2, 0.25) is 5.02 Å². The quantitative estimate of drug-likeness (QED) is 0.727. The first kappa shape index (κ1) is 10.6. The van der Waals surface area contributed by atoms with Crippen molar-refractivity contribution in [3.05, 3.63) is 23.5 Å². The Hall–Kier alpha value is -0.470. The van der Waals surface area contributed by atoms with Crippen molar-refractivity contribution in [2.24, 2.45) is 5.92 Å². The highest BCUT2D eigenvalue weighted by molar-refractivity contribution is 6.30. The summed E-state index contributed by atoms with van der Waals surface area (Å²) in [5, 5.41) is 0.580. The molecule has 0 aliphatic carbocycles. The number of hydrogen-bond donors (Lipinski definition) is 0. The highest BCUT2D eigenvalue weighted by atomic mass is 35.5. The molecule has 0 aliphatic rings. The normalized spacial score (nSPS) is 12.5. The summed E-state index contributed by atoms with van der Waals surface area (Å²) in [4.78, 5) is 3.90. The average molecular weight is 220 g/mol. The molecule has 0 amide bonds. The zero-order valence-electron chi connectivity index (χ0n) is 7.34. The molecular weight excluding hydrogens is 209 g/mol. The maximum atomic E-state index is 5.73. The van der Waals surface area contributed by atoms with E-state index >= 15 is 0 Å². The maximum absolute atomic E-state index is 5.73. The van der Waals surface area contributed by atoms with Crippen LogP contribution >= 0.6 is 23.2 Å². The van der Waals surface area contributed by atoms with Crippen molar-refractivity contribution in [2.75, 3.05) is 12.5 Å². The third-order valence-electron chi connectivity index (χ3n) is 1.48. The van der Waals surface area contributed by atoms with Gasteiger partial charge in [-0.1, -0.05) is 18.5 Å². The SMILES string of the molecule is CC(CCl)COc1cncc(Cl)c1. The lowest BCUT2D eigenvalue weighted by atomic mass is 10.2. The second kappa shape index (κ2) is 5.30. The summed E-state index contributed by atoms with van der Waals surface area (Å²) in [7, 11) is 0. The monoisotopic (exact) mass is 219 g/mol. The van der Waals surface area contributed by atoms with Crippen LogP contribution in [0.4, 0.5) is 0 Å². The van der Waals surface area contributed by atoms with Gasteiger partial charge in [-0.3, -0.25) is 4.98 Å². The van der Waals surface area contributed by atoms with E-state index in [1.165, 1.54) is 0 Å². The minimum absolute atomic E-state index is 0.334. The predicted octanol–water partition coefficient (Wildman–Crippen LogP) is 2.99. The molecule has 1 aromatic heterocycles. The van der Waals surface area contributed by atoms with Crippen LogP contribution in [0.3, 0.4) is 0 Å². The minimum atomic E-state index is 0.334. The van der Waals surface area contributed by atoms with Crippen molar-refractivity contribution in [3.8, 4) is 5.75 Å². The highest BCUT2D eigenvalue weighted by Crippen LogP contribution is 2.15. The third-order valence-corrected chi connectivity index (χ3v) is 2.21. The molecule has 1 unspecified atom stereocenters. The van der Waals surface area contributed by atoms with Gasteiger partial charge in [-0.15, -0.1) is 11.6 Å². The van der Waals surface area contributed by atoms with E-state index in [2.05, 4.69) is 4.98 Å². The van der Waals surface area contributed by atoms with Crippen molar-refractivity contribution in [1.82, 2.24) is 4.98 Å². The van der Waals surface area contributed by atoms with E-state index in [0.29, 0.717) is 29.2 Å². The van der Waals surface area contributed by atoms with Gasteiger partial charge < -0.3 is 4.74 Å². The first-order valence-electron chi connectivity index (χ1n) is 4.01. The van der Waals surface area contributed by atoms with Gasteiger partial charge in [-0.25, -0.2) is 0 Å². The fraction of sp³-hybridized carbons (Fsp3) is 0.444. The number of alkyl halides is 1. The van der Waals surface area contributed by atoms with Crippen molar-refractivity contribution >= 4 is 23.2 Å². The summed E-state index contributed by atoms with van der Waals surface area (Å²) in [5.41, 5.74) is 0. The summed E-state index contributed by atoms with van der Waals surface area (Å²) in [6.45, 7) is 2.61. The Bertz CT molecular complexity index is 268. The Morgan fingerprint density at radius 3 is 2.92 bits per heavy atom. The van der Waals surface area contributed by atoms with E-state index in [1.807, 2.05) is 6.92 Å². The predicted molar refractivity (Wildman–Crippen MR) is 54.6 cm³/mol. The Morgan fingerprint density at radius 1 is 1.54 bits per heavy atom. The summed E-state index contributed by atoms with van der Waals surface area (Å²) in [5.74, 6) is 1.61. The van der Waals surface area contributed by atoms with Crippen LogP contribution in [0.15, 0.2) is 18.5 Å². The van der Waals surface area contributed by atoms with Crippen molar-refractivity contribution < 1.29 is 4.74 Å². The van der Waals surface area contributed by atoms with Gasteiger partial charge in [0.2, 0.25) is 0 Å². The number of ether oxygens (including phenoxy) is 1. The van der Waals surface area contributed by atoms with Gasteiger partial charge in [-0.05, 0) is 0 Å². The van der Waals surface area contributed by atoms with Gasteiger partial charge >= 0.3 is 0 Å². The fourth-order valence-corrected chi connectivity index (χ4v) is 1.01. The number of hydrogen-bond acceptors (Lipinski definition) is 2. The fourth-order valence-electron chi connectivity index (χ4n) is 0.754. The van der Waals surface area contributed by atoms with Gasteiger partial charge in [-0.2, -0.15) is 0 Å². The number of rotatable bonds is 4. The topological polar surface area (TPSA) is 22.1 Å². The molecule has 4 heteroatoms. The molecule has 0 radical (unpaired) electrons. The van der Waals surface area contributed by atoms with Crippen molar-refractivity contribution in [3.63, 3.8) is 0 Å². The zero-order valence-corrected chi connectivity index (χ0v) is 8.85. The number of aromatic nitrogens is 1. The Balaban J connectivity index is 2.45. The molecule has 13 heavy (non-hydrogen) atoms. The molecule has 0 aromatic carbocycles. The lowest BCUT2D eigenvalue weighted by Gasteiger charge is -2.09. The van der Waals surface area contributed by atoms with Gasteiger partial charge in [0, 0.05) is 24.1 Å². The molecule has 0 N–H and O–H groups in total. The van der Waals surface area contributed by atoms with E-state index in [4.69, 9.17) is 27.9 Å². The summed E-state index contributed by atoms with van der Waals surface area (Å²) < 4.78 is 5.41. The molecule has 0 aliphatic heterocycles. The first-order chi connectivity index (χ1) is 6.22. The van der Waals surface area contributed by atoms with Crippen LogP contribution in [0.5, 0.6) is 5.75 Å². The van der Waals surface area contributed by atoms with E-state index in [0.717, 1.165) is 0 Å². The molecule has 2 nitrogen and oxygen atoms in total. The Kier molecular flexibility index (Phi) is 4.33. The third kappa shape index (κ3) is 3.83. The van der Waals surface area contributed by atoms with Crippen LogP contribution < -0.4 is 4.74 Å². The second-order valence-electron chi connectivity index (χ2n) is 2.91. The standard InChI is InChI=1S/C9H11Cl2NO/c1-7(3-10)6-13-9-2-8(11)4-12-5-9/h2,4-5,7H,3,6H2,1H3. The molecule has 0 saturated carbocycles. The average Bonchev–Trinajstić information content (AvgIpc) is 2.14. The molecule has 0 spiro atoms. The molecule has 0 saturated heterocycles. The zero-order chi connectivity index (χ0) is 9.68. The second-order valence-corrected chi connectivity index (χ2v) is 3.65. The molecule has 0 fully saturated rings. The number of halogens is 2. The highest BCUT2D eigenvalue weighted by Gasteiger charge is 2.01. The lowest BCUT2D eigenvalue weighted by Crippen LogP contribution is -2.09. The summed E-state index contributed by atoms with van der Waals surface area (Å²) >= 11 is 11.4. The summed E-state index contributed by atoms with van der Waals surface area (Å²) in [6, 6.07) is 1.73. The largest absolute Gasteiger partial charge is 0.492 e. The number of nitrogens with zero attached hydrogens (tertiary/aromatic N) is 1. The maximum Gasteiger partial charge on any atom is 0.139 e. The molecule has 1 aromatic rings. The molecular formula is C9H11Cl2NO. The summed E-state index contributed by atoms with van der Waals surface area (Å²) in [6.07, 6.45) is 3.20. The Morgan fingerprint density at radius 2 is 2.31 bits per heavy atom. The number of pyridine rings is 1. The van der Waals surface area contributed by atoms with Gasteiger partial charge in [0.05, 0.1) is 17.8 Å². The molecule has 0 bridgehead atoms. The van der Waals surface area contributed by atoms with Gasteiger partial charge in [0.25, 0.3) is 0 Å². The van der Waals surface area contributed by atoms with E-state index in [-0.39, 0.29) is 0 Å². The van der Waals surface area contributed by atoms with Gasteiger partial charge in [0.1, 0.15) is 5.75 Å². The van der Waals surface area contributed by atoms with Crippen molar-refractivity contribution in [2.45, 2.75) is 6.92 Å². The lowest BCUT2D eigenvalue weighted by molar-refractivity contribution is 0.272.